The molecule has 0 bridgehead atoms. The first-order chi connectivity index (χ1) is 7.70. The molecule has 1 heterocycles. The molecule has 0 aromatic rings. The van der Waals surface area contributed by atoms with Crippen molar-refractivity contribution in [2.45, 2.75) is 50.0 Å². The second-order valence-electron chi connectivity index (χ2n) is 4.82. The summed E-state index contributed by atoms with van der Waals surface area (Å²) in [6, 6.07) is 0. The fraction of sp³-hybridized carbons (Fsp3) is 1.00. The zero-order valence-corrected chi connectivity index (χ0v) is 10.9. The molecule has 102 valence electrons. The summed E-state index contributed by atoms with van der Waals surface area (Å²) < 4.78 is 16.0. The highest BCUT2D eigenvalue weighted by Crippen LogP contribution is 2.46. The summed E-state index contributed by atoms with van der Waals surface area (Å²) in [6.45, 7) is 4.20. The molecule has 1 unspecified atom stereocenters. The monoisotopic (exact) mass is 250 g/mol. The zero-order chi connectivity index (χ0) is 13.5. The Morgan fingerprint density at radius 2 is 1.71 bits per heavy atom. The summed E-state index contributed by atoms with van der Waals surface area (Å²) in [7, 11) is 2.82. The smallest absolute Gasteiger partial charge is 0.195 e. The van der Waals surface area contributed by atoms with Gasteiger partial charge in [0.1, 0.15) is 23.4 Å². The van der Waals surface area contributed by atoms with Crippen LogP contribution in [0.2, 0.25) is 0 Å². The van der Waals surface area contributed by atoms with Crippen molar-refractivity contribution in [2.24, 2.45) is 0 Å². The molecule has 1 aliphatic rings. The molecule has 0 aromatic heterocycles. The maximum atomic E-state index is 10.3. The zero-order valence-electron chi connectivity index (χ0n) is 10.9. The van der Waals surface area contributed by atoms with Crippen LogP contribution in [0.4, 0.5) is 0 Å². The normalized spacial score (nSPS) is 51.5. The summed E-state index contributed by atoms with van der Waals surface area (Å²) in [5, 5.41) is 29.7. The quantitative estimate of drug-likeness (QED) is 0.611. The highest BCUT2D eigenvalue weighted by molar-refractivity contribution is 5.13. The molecule has 5 atom stereocenters. The minimum absolute atomic E-state index is 0.421. The maximum absolute atomic E-state index is 10.3. The van der Waals surface area contributed by atoms with Crippen molar-refractivity contribution in [3.05, 3.63) is 0 Å². The van der Waals surface area contributed by atoms with Gasteiger partial charge in [0.25, 0.3) is 0 Å². The molecular formula is C11H22O6. The number of aliphatic hydroxyl groups is 3. The Labute approximate surface area is 101 Å². The molecule has 0 spiro atoms. The van der Waals surface area contributed by atoms with Gasteiger partial charge in [0.15, 0.2) is 5.79 Å². The molecule has 1 saturated heterocycles. The molecular weight excluding hydrogens is 228 g/mol. The van der Waals surface area contributed by atoms with Gasteiger partial charge >= 0.3 is 0 Å². The van der Waals surface area contributed by atoms with Crippen LogP contribution in [-0.2, 0) is 14.2 Å². The van der Waals surface area contributed by atoms with Crippen LogP contribution in [0, 0.1) is 0 Å². The van der Waals surface area contributed by atoms with Crippen molar-refractivity contribution < 1.29 is 29.5 Å². The van der Waals surface area contributed by atoms with Gasteiger partial charge in [0.05, 0.1) is 6.61 Å². The van der Waals surface area contributed by atoms with Gasteiger partial charge in [-0.25, -0.2) is 0 Å². The van der Waals surface area contributed by atoms with Crippen molar-refractivity contribution in [1.29, 1.82) is 0 Å². The number of aliphatic hydroxyl groups excluding tert-OH is 2. The largest absolute Gasteiger partial charge is 0.394 e. The third-order valence-electron chi connectivity index (χ3n) is 4.14. The number of hydrogen-bond acceptors (Lipinski definition) is 6. The van der Waals surface area contributed by atoms with Gasteiger partial charge in [-0.3, -0.25) is 0 Å². The molecule has 6 heteroatoms. The van der Waals surface area contributed by atoms with Crippen molar-refractivity contribution in [3.8, 4) is 0 Å². The summed E-state index contributed by atoms with van der Waals surface area (Å²) in [6.07, 6.45) is -2.05. The van der Waals surface area contributed by atoms with Gasteiger partial charge < -0.3 is 29.5 Å². The first-order valence-corrected chi connectivity index (χ1v) is 5.49. The first kappa shape index (κ1) is 14.8. The molecule has 1 rings (SSSR count). The van der Waals surface area contributed by atoms with Crippen molar-refractivity contribution in [3.63, 3.8) is 0 Å². The predicted octanol–water partition coefficient (Wildman–Crippen LogP) is -0.743. The van der Waals surface area contributed by atoms with Gasteiger partial charge in [-0.1, -0.05) is 0 Å². The van der Waals surface area contributed by atoms with E-state index in [1.165, 1.54) is 21.1 Å². The van der Waals surface area contributed by atoms with E-state index in [0.29, 0.717) is 0 Å². The Hall–Kier alpha value is -0.240. The molecule has 0 aromatic carbocycles. The minimum atomic E-state index is -1.70. The van der Waals surface area contributed by atoms with Crippen LogP contribution in [0.5, 0.6) is 0 Å². The van der Waals surface area contributed by atoms with Crippen LogP contribution in [0.3, 0.4) is 0 Å². The van der Waals surface area contributed by atoms with Crippen LogP contribution in [0.15, 0.2) is 0 Å². The van der Waals surface area contributed by atoms with E-state index in [-0.39, 0.29) is 0 Å². The summed E-state index contributed by atoms with van der Waals surface area (Å²) in [4.78, 5) is 0. The Bertz CT molecular complexity index is 281. The number of ether oxygens (including phenoxy) is 3. The Morgan fingerprint density at radius 1 is 1.18 bits per heavy atom. The molecule has 17 heavy (non-hydrogen) atoms. The summed E-state index contributed by atoms with van der Waals surface area (Å²) in [5.74, 6) is -1.70. The van der Waals surface area contributed by atoms with E-state index in [1.54, 1.807) is 13.8 Å². The number of hydrogen-bond donors (Lipinski definition) is 3. The lowest BCUT2D eigenvalue weighted by atomic mass is 9.71. The lowest BCUT2D eigenvalue weighted by Gasteiger charge is -2.58. The maximum Gasteiger partial charge on any atom is 0.195 e. The highest BCUT2D eigenvalue weighted by atomic mass is 16.7. The lowest BCUT2D eigenvalue weighted by molar-refractivity contribution is -0.409. The Kier molecular flexibility index (Phi) is 3.88. The van der Waals surface area contributed by atoms with E-state index in [0.717, 1.165) is 0 Å². The molecule has 0 radical (unpaired) electrons. The molecule has 0 amide bonds. The van der Waals surface area contributed by atoms with E-state index < -0.39 is 35.8 Å². The van der Waals surface area contributed by atoms with Gasteiger partial charge in [0, 0.05) is 14.2 Å². The van der Waals surface area contributed by atoms with Crippen LogP contribution in [0.1, 0.15) is 20.8 Å². The van der Waals surface area contributed by atoms with Crippen LogP contribution < -0.4 is 0 Å². The third kappa shape index (κ3) is 1.80. The van der Waals surface area contributed by atoms with Crippen molar-refractivity contribution >= 4 is 0 Å². The molecule has 6 nitrogen and oxygen atoms in total. The predicted molar refractivity (Wildman–Crippen MR) is 59.4 cm³/mol. The average Bonchev–Trinajstić information content (AvgIpc) is 2.31. The summed E-state index contributed by atoms with van der Waals surface area (Å²) in [5.41, 5.74) is -2.49. The fourth-order valence-electron chi connectivity index (χ4n) is 2.41. The second kappa shape index (κ2) is 4.46. The topological polar surface area (TPSA) is 88.4 Å². The highest BCUT2D eigenvalue weighted by Gasteiger charge is 2.67. The van der Waals surface area contributed by atoms with E-state index in [1.807, 2.05) is 0 Å². The van der Waals surface area contributed by atoms with Crippen LogP contribution in [-0.4, -0.2) is 65.3 Å². The van der Waals surface area contributed by atoms with E-state index in [2.05, 4.69) is 0 Å². The number of methoxy groups -OCH3 is 2. The van der Waals surface area contributed by atoms with Gasteiger partial charge in [-0.15, -0.1) is 0 Å². The van der Waals surface area contributed by atoms with Gasteiger partial charge in [0.2, 0.25) is 0 Å². The van der Waals surface area contributed by atoms with Crippen molar-refractivity contribution in [1.82, 2.24) is 0 Å². The molecule has 1 aliphatic heterocycles. The van der Waals surface area contributed by atoms with Gasteiger partial charge in [-0.2, -0.15) is 0 Å². The fourth-order valence-corrected chi connectivity index (χ4v) is 2.41. The Balaban J connectivity index is 3.28. The SMILES string of the molecule is CO[C@@]1(C)[C@H](O)[C@@H](CO)OC(C)(O)[C@@]1(C)OC. The number of rotatable bonds is 3. The van der Waals surface area contributed by atoms with E-state index >= 15 is 0 Å². The molecule has 3 N–H and O–H groups in total. The second-order valence-corrected chi connectivity index (χ2v) is 4.82. The van der Waals surface area contributed by atoms with Crippen molar-refractivity contribution in [2.75, 3.05) is 20.8 Å². The minimum Gasteiger partial charge on any atom is -0.394 e. The third-order valence-corrected chi connectivity index (χ3v) is 4.14. The lowest BCUT2D eigenvalue weighted by Crippen LogP contribution is -2.77. The molecule has 0 aliphatic carbocycles. The van der Waals surface area contributed by atoms with Gasteiger partial charge in [-0.05, 0) is 20.8 Å². The summed E-state index contributed by atoms with van der Waals surface area (Å²) >= 11 is 0. The average molecular weight is 250 g/mol. The molecule has 0 saturated carbocycles. The Morgan fingerprint density at radius 3 is 2.06 bits per heavy atom. The van der Waals surface area contributed by atoms with E-state index in [9.17, 15) is 15.3 Å². The van der Waals surface area contributed by atoms with Crippen LogP contribution in [0.25, 0.3) is 0 Å². The molecule has 1 fully saturated rings. The first-order valence-electron chi connectivity index (χ1n) is 5.49. The van der Waals surface area contributed by atoms with Crippen LogP contribution >= 0.6 is 0 Å². The standard InChI is InChI=1S/C11H22O6/c1-9(15-4)8(13)7(6-12)17-11(3,14)10(9,2)16-5/h7-8,12-14H,6H2,1-5H3/t7-,8-,9+,10+,11?/m1/s1. The van der Waals surface area contributed by atoms with E-state index in [4.69, 9.17) is 14.2 Å².